The molecule has 3 heteroatoms. The van der Waals surface area contributed by atoms with Crippen LogP contribution >= 0.6 is 0 Å². The van der Waals surface area contributed by atoms with Crippen LogP contribution in [0.1, 0.15) is 31.4 Å². The highest BCUT2D eigenvalue weighted by Gasteiger charge is 2.13. The van der Waals surface area contributed by atoms with E-state index in [9.17, 15) is 0 Å². The maximum atomic E-state index is 5.48. The van der Waals surface area contributed by atoms with E-state index < -0.39 is 0 Å². The Kier molecular flexibility index (Phi) is 4.23. The maximum Gasteiger partial charge on any atom is 0.129 e. The minimum Gasteiger partial charge on any atom is -0.467 e. The second-order valence-electron chi connectivity index (χ2n) is 4.07. The van der Waals surface area contributed by atoms with Crippen molar-refractivity contribution in [1.82, 2.24) is 5.32 Å². The van der Waals surface area contributed by atoms with Gasteiger partial charge in [-0.1, -0.05) is 12.8 Å². The molecule has 1 N–H and O–H groups in total. The van der Waals surface area contributed by atoms with E-state index in [1.54, 1.807) is 6.26 Å². The smallest absolute Gasteiger partial charge is 0.129 e. The molecule has 2 rings (SSSR count). The molecule has 84 valence electrons. The third-order valence-corrected chi connectivity index (χ3v) is 2.86. The van der Waals surface area contributed by atoms with E-state index in [-0.39, 0.29) is 0 Å². The molecule has 3 nitrogen and oxygen atoms in total. The summed E-state index contributed by atoms with van der Waals surface area (Å²) in [6, 6.07) is 4.55. The Balaban J connectivity index is 1.48. The molecule has 0 amide bonds. The van der Waals surface area contributed by atoms with E-state index in [4.69, 9.17) is 9.15 Å². The molecule has 1 aliphatic carbocycles. The Morgan fingerprint density at radius 3 is 3.00 bits per heavy atom. The highest BCUT2D eigenvalue weighted by atomic mass is 16.5. The van der Waals surface area contributed by atoms with Gasteiger partial charge in [-0.25, -0.2) is 0 Å². The summed E-state index contributed by atoms with van der Waals surface area (Å²) in [5.41, 5.74) is 0. The molecule has 1 aromatic rings. The first kappa shape index (κ1) is 10.7. The standard InChI is InChI=1S/C12H19NO2/c1-2-5-11(4-1)13-7-9-14-10-12-6-3-8-15-12/h3,6,8,11,13H,1-2,4-5,7,9-10H2. The zero-order valence-electron chi connectivity index (χ0n) is 9.08. The number of hydrogen-bond acceptors (Lipinski definition) is 3. The van der Waals surface area contributed by atoms with Crippen molar-refractivity contribution in [3.8, 4) is 0 Å². The van der Waals surface area contributed by atoms with Crippen LogP contribution in [0, 0.1) is 0 Å². The van der Waals surface area contributed by atoms with Crippen LogP contribution in [0.3, 0.4) is 0 Å². The summed E-state index contributed by atoms with van der Waals surface area (Å²) in [6.07, 6.45) is 7.10. The van der Waals surface area contributed by atoms with Crippen LogP contribution in [-0.2, 0) is 11.3 Å². The molecule has 0 radical (unpaired) electrons. The summed E-state index contributed by atoms with van der Waals surface area (Å²) in [5.74, 6) is 0.899. The van der Waals surface area contributed by atoms with Gasteiger partial charge in [-0.05, 0) is 25.0 Å². The monoisotopic (exact) mass is 209 g/mol. The molecule has 0 saturated heterocycles. The third kappa shape index (κ3) is 3.68. The van der Waals surface area contributed by atoms with Crippen molar-refractivity contribution in [2.75, 3.05) is 13.2 Å². The van der Waals surface area contributed by atoms with Gasteiger partial charge < -0.3 is 14.5 Å². The molecule has 15 heavy (non-hydrogen) atoms. The number of ether oxygens (including phenoxy) is 1. The average Bonchev–Trinajstić information content (AvgIpc) is 2.88. The van der Waals surface area contributed by atoms with Crippen LogP contribution in [0.4, 0.5) is 0 Å². The molecular formula is C12H19NO2. The van der Waals surface area contributed by atoms with Crippen LogP contribution in [-0.4, -0.2) is 19.2 Å². The zero-order chi connectivity index (χ0) is 10.3. The van der Waals surface area contributed by atoms with Crippen molar-refractivity contribution >= 4 is 0 Å². The van der Waals surface area contributed by atoms with Crippen LogP contribution in [0.5, 0.6) is 0 Å². The first-order chi connectivity index (χ1) is 7.45. The number of furan rings is 1. The Bertz CT molecular complexity index is 253. The highest BCUT2D eigenvalue weighted by Crippen LogP contribution is 2.17. The van der Waals surface area contributed by atoms with Gasteiger partial charge in [0.2, 0.25) is 0 Å². The Morgan fingerprint density at radius 1 is 1.40 bits per heavy atom. The summed E-state index contributed by atoms with van der Waals surface area (Å²) in [4.78, 5) is 0. The lowest BCUT2D eigenvalue weighted by Crippen LogP contribution is -2.29. The number of rotatable bonds is 6. The van der Waals surface area contributed by atoms with Crippen molar-refractivity contribution in [3.63, 3.8) is 0 Å². The van der Waals surface area contributed by atoms with Gasteiger partial charge in [0.25, 0.3) is 0 Å². The quantitative estimate of drug-likeness (QED) is 0.730. The van der Waals surface area contributed by atoms with E-state index in [0.717, 1.165) is 25.0 Å². The van der Waals surface area contributed by atoms with E-state index >= 15 is 0 Å². The van der Waals surface area contributed by atoms with E-state index in [1.807, 2.05) is 12.1 Å². The Hall–Kier alpha value is -0.800. The maximum absolute atomic E-state index is 5.48. The molecule has 0 aliphatic heterocycles. The van der Waals surface area contributed by atoms with Gasteiger partial charge in [0.15, 0.2) is 0 Å². The second kappa shape index (κ2) is 5.93. The van der Waals surface area contributed by atoms with Crippen molar-refractivity contribution in [2.24, 2.45) is 0 Å². The molecule has 0 unspecified atom stereocenters. The normalized spacial score (nSPS) is 17.3. The summed E-state index contributed by atoms with van der Waals surface area (Å²) in [7, 11) is 0. The lowest BCUT2D eigenvalue weighted by Gasteiger charge is -2.11. The minimum absolute atomic E-state index is 0.583. The van der Waals surface area contributed by atoms with Gasteiger partial charge in [0.1, 0.15) is 12.4 Å². The van der Waals surface area contributed by atoms with Crippen LogP contribution in [0.25, 0.3) is 0 Å². The van der Waals surface area contributed by atoms with E-state index in [1.165, 1.54) is 25.7 Å². The summed E-state index contributed by atoms with van der Waals surface area (Å²) >= 11 is 0. The molecule has 1 aliphatic rings. The second-order valence-corrected chi connectivity index (χ2v) is 4.07. The van der Waals surface area contributed by atoms with Crippen molar-refractivity contribution in [1.29, 1.82) is 0 Å². The van der Waals surface area contributed by atoms with Gasteiger partial charge in [0, 0.05) is 12.6 Å². The third-order valence-electron chi connectivity index (χ3n) is 2.86. The summed E-state index contributed by atoms with van der Waals surface area (Å²) in [5, 5.41) is 3.51. The predicted molar refractivity (Wildman–Crippen MR) is 58.6 cm³/mol. The average molecular weight is 209 g/mol. The van der Waals surface area contributed by atoms with E-state index in [0.29, 0.717) is 6.61 Å². The molecule has 1 heterocycles. The largest absolute Gasteiger partial charge is 0.467 e. The van der Waals surface area contributed by atoms with Crippen molar-refractivity contribution in [2.45, 2.75) is 38.3 Å². The highest BCUT2D eigenvalue weighted by molar-refractivity contribution is 4.95. The zero-order valence-corrected chi connectivity index (χ0v) is 9.08. The lowest BCUT2D eigenvalue weighted by atomic mass is 10.2. The number of nitrogens with one attached hydrogen (secondary N) is 1. The first-order valence-electron chi connectivity index (χ1n) is 5.78. The number of hydrogen-bond donors (Lipinski definition) is 1. The molecular weight excluding hydrogens is 190 g/mol. The van der Waals surface area contributed by atoms with Crippen molar-refractivity contribution < 1.29 is 9.15 Å². The van der Waals surface area contributed by atoms with Crippen molar-refractivity contribution in [3.05, 3.63) is 24.2 Å². The molecule has 0 atom stereocenters. The fourth-order valence-corrected chi connectivity index (χ4v) is 2.03. The molecule has 0 spiro atoms. The van der Waals surface area contributed by atoms with E-state index in [2.05, 4.69) is 5.32 Å². The van der Waals surface area contributed by atoms with Gasteiger partial charge in [-0.15, -0.1) is 0 Å². The summed E-state index contributed by atoms with van der Waals surface area (Å²) in [6.45, 7) is 2.29. The predicted octanol–water partition coefficient (Wildman–Crippen LogP) is 2.33. The van der Waals surface area contributed by atoms with Crippen LogP contribution < -0.4 is 5.32 Å². The fourth-order valence-electron chi connectivity index (χ4n) is 2.03. The molecule has 1 aromatic heterocycles. The summed E-state index contributed by atoms with van der Waals surface area (Å²) < 4.78 is 10.6. The van der Waals surface area contributed by atoms with Crippen LogP contribution in [0.15, 0.2) is 22.8 Å². The Morgan fingerprint density at radius 2 is 2.27 bits per heavy atom. The molecule has 1 fully saturated rings. The minimum atomic E-state index is 0.583. The SMILES string of the molecule is c1coc(COCCNC2CCCC2)c1. The van der Waals surface area contributed by atoms with Crippen LogP contribution in [0.2, 0.25) is 0 Å². The lowest BCUT2D eigenvalue weighted by molar-refractivity contribution is 0.106. The first-order valence-corrected chi connectivity index (χ1v) is 5.78. The fraction of sp³-hybridized carbons (Fsp3) is 0.667. The molecule has 1 saturated carbocycles. The molecule has 0 aromatic carbocycles. The van der Waals surface area contributed by atoms with Gasteiger partial charge in [-0.2, -0.15) is 0 Å². The van der Waals surface area contributed by atoms with Gasteiger partial charge in [0.05, 0.1) is 12.9 Å². The Labute approximate surface area is 90.8 Å². The van der Waals surface area contributed by atoms with Gasteiger partial charge in [-0.3, -0.25) is 0 Å². The van der Waals surface area contributed by atoms with Gasteiger partial charge >= 0.3 is 0 Å². The topological polar surface area (TPSA) is 34.4 Å². The molecule has 0 bridgehead atoms.